The summed E-state index contributed by atoms with van der Waals surface area (Å²) in [6, 6.07) is 9.27. The van der Waals surface area contributed by atoms with Gasteiger partial charge in [-0.25, -0.2) is 9.67 Å². The van der Waals surface area contributed by atoms with Crippen molar-refractivity contribution >= 4 is 16.9 Å². The average molecular weight is 441 g/mol. The molecule has 0 aliphatic rings. The Morgan fingerprint density at radius 2 is 2.09 bits per heavy atom. The normalized spacial score (nSPS) is 11.2. The number of rotatable bonds is 8. The summed E-state index contributed by atoms with van der Waals surface area (Å²) in [4.78, 5) is 22.1. The van der Waals surface area contributed by atoms with Gasteiger partial charge in [0, 0.05) is 37.2 Å². The Balaban J connectivity index is 1.42. The van der Waals surface area contributed by atoms with Gasteiger partial charge >= 0.3 is 0 Å². The van der Waals surface area contributed by atoms with Crippen molar-refractivity contribution in [1.82, 2.24) is 34.8 Å². The highest BCUT2D eigenvalue weighted by molar-refractivity contribution is 6.06. The van der Waals surface area contributed by atoms with Crippen LogP contribution in [0.15, 0.2) is 72.0 Å². The molecule has 0 unspecified atom stereocenters. The maximum absolute atomic E-state index is 13.2. The number of furan rings is 1. The molecule has 166 valence electrons. The third-order valence-corrected chi connectivity index (χ3v) is 5.31. The minimum atomic E-state index is -0.165. The van der Waals surface area contributed by atoms with Gasteiger partial charge in [0.2, 0.25) is 0 Å². The van der Waals surface area contributed by atoms with Gasteiger partial charge in [-0.2, -0.15) is 10.2 Å². The number of pyridine rings is 2. The number of aryl methyl sites for hydroxylation is 2. The van der Waals surface area contributed by atoms with Gasteiger partial charge in [-0.15, -0.1) is 0 Å². The number of aromatic nitrogens is 6. The molecule has 0 aromatic carbocycles. The summed E-state index contributed by atoms with van der Waals surface area (Å²) in [5, 5.41) is 12.5. The highest BCUT2D eigenvalue weighted by Gasteiger charge is 2.18. The van der Waals surface area contributed by atoms with Crippen molar-refractivity contribution < 1.29 is 9.21 Å². The number of nitrogens with zero attached hydrogens (tertiary/aromatic N) is 6. The Morgan fingerprint density at radius 1 is 1.15 bits per heavy atom. The Hall–Kier alpha value is -4.27. The van der Waals surface area contributed by atoms with Crippen LogP contribution in [0, 0.1) is 6.92 Å². The van der Waals surface area contributed by atoms with Gasteiger partial charge in [-0.1, -0.05) is 0 Å². The molecular weight excluding hydrogens is 418 g/mol. The van der Waals surface area contributed by atoms with Crippen LogP contribution >= 0.6 is 0 Å². The zero-order chi connectivity index (χ0) is 22.6. The fraction of sp³-hybridized carbons (Fsp3) is 0.208. The van der Waals surface area contributed by atoms with Gasteiger partial charge in [0.15, 0.2) is 5.65 Å². The van der Waals surface area contributed by atoms with E-state index in [1.165, 1.54) is 0 Å². The molecule has 33 heavy (non-hydrogen) atoms. The SMILES string of the molecule is Cc1cnn(CCCNC(=O)c2cc(-c3cccnc3)nc3c2cnn3Cc2ccco2)c1. The van der Waals surface area contributed by atoms with Crippen LogP contribution in [0.5, 0.6) is 0 Å². The molecule has 0 atom stereocenters. The molecule has 0 aliphatic heterocycles. The van der Waals surface area contributed by atoms with Crippen LogP contribution in [0.3, 0.4) is 0 Å². The standard InChI is InChI=1S/C24H23N7O2/c1-17-12-27-30(15-17)9-4-8-26-24(32)20-11-22(18-5-2-7-25-13-18)29-23-21(20)14-28-31(23)16-19-6-3-10-33-19/h2-3,5-7,10-15H,4,8-9,16H2,1H3,(H,26,32). The van der Waals surface area contributed by atoms with E-state index < -0.39 is 0 Å². The maximum Gasteiger partial charge on any atom is 0.252 e. The van der Waals surface area contributed by atoms with E-state index in [-0.39, 0.29) is 5.91 Å². The molecular formula is C24H23N7O2. The second kappa shape index (κ2) is 9.07. The molecule has 9 nitrogen and oxygen atoms in total. The summed E-state index contributed by atoms with van der Waals surface area (Å²) in [5.74, 6) is 0.593. The van der Waals surface area contributed by atoms with Crippen LogP contribution in [0.1, 0.15) is 28.1 Å². The fourth-order valence-corrected chi connectivity index (χ4v) is 3.69. The molecule has 5 heterocycles. The summed E-state index contributed by atoms with van der Waals surface area (Å²) in [6.07, 6.45) is 11.3. The van der Waals surface area contributed by atoms with Gasteiger partial charge in [0.25, 0.3) is 5.91 Å². The van der Waals surface area contributed by atoms with Crippen LogP contribution in [0.2, 0.25) is 0 Å². The van der Waals surface area contributed by atoms with E-state index in [1.54, 1.807) is 35.6 Å². The lowest BCUT2D eigenvalue weighted by molar-refractivity contribution is 0.0954. The molecule has 0 aliphatic carbocycles. The molecule has 5 rings (SSSR count). The first-order chi connectivity index (χ1) is 16.2. The number of amides is 1. The number of nitrogens with one attached hydrogen (secondary N) is 1. The van der Waals surface area contributed by atoms with E-state index in [9.17, 15) is 4.79 Å². The molecule has 5 aromatic heterocycles. The lowest BCUT2D eigenvalue weighted by Crippen LogP contribution is -2.25. The van der Waals surface area contributed by atoms with E-state index in [2.05, 4.69) is 20.5 Å². The van der Waals surface area contributed by atoms with E-state index in [4.69, 9.17) is 9.40 Å². The molecule has 0 spiro atoms. The molecule has 1 amide bonds. The van der Waals surface area contributed by atoms with Crippen LogP contribution in [-0.2, 0) is 13.1 Å². The Labute approximate surface area is 190 Å². The molecule has 5 aromatic rings. The van der Waals surface area contributed by atoms with Crippen LogP contribution < -0.4 is 5.32 Å². The topological polar surface area (TPSA) is 104 Å². The summed E-state index contributed by atoms with van der Waals surface area (Å²) in [6.45, 7) is 3.70. The van der Waals surface area contributed by atoms with Crippen molar-refractivity contribution in [2.45, 2.75) is 26.4 Å². The minimum absolute atomic E-state index is 0.165. The van der Waals surface area contributed by atoms with Gasteiger partial charge in [-0.05, 0) is 49.2 Å². The van der Waals surface area contributed by atoms with Crippen molar-refractivity contribution in [1.29, 1.82) is 0 Å². The molecule has 0 bridgehead atoms. The molecule has 9 heteroatoms. The second-order valence-electron chi connectivity index (χ2n) is 7.81. The molecule has 0 saturated carbocycles. The zero-order valence-electron chi connectivity index (χ0n) is 18.2. The number of fused-ring (bicyclic) bond motifs is 1. The predicted octanol–water partition coefficient (Wildman–Crippen LogP) is 3.46. The monoisotopic (exact) mass is 441 g/mol. The highest BCUT2D eigenvalue weighted by Crippen LogP contribution is 2.25. The first-order valence-electron chi connectivity index (χ1n) is 10.7. The third-order valence-electron chi connectivity index (χ3n) is 5.31. The third kappa shape index (κ3) is 4.52. The van der Waals surface area contributed by atoms with Gasteiger partial charge in [0.1, 0.15) is 12.3 Å². The minimum Gasteiger partial charge on any atom is -0.467 e. The average Bonchev–Trinajstić information content (AvgIpc) is 3.59. The summed E-state index contributed by atoms with van der Waals surface area (Å²) < 4.78 is 9.09. The van der Waals surface area contributed by atoms with Gasteiger partial charge < -0.3 is 9.73 Å². The van der Waals surface area contributed by atoms with Crippen molar-refractivity contribution in [2.75, 3.05) is 6.54 Å². The summed E-state index contributed by atoms with van der Waals surface area (Å²) in [5.41, 5.74) is 3.75. The molecule has 0 fully saturated rings. The van der Waals surface area contributed by atoms with Crippen molar-refractivity contribution in [3.8, 4) is 11.3 Å². The van der Waals surface area contributed by atoms with E-state index >= 15 is 0 Å². The fourth-order valence-electron chi connectivity index (χ4n) is 3.69. The smallest absolute Gasteiger partial charge is 0.252 e. The lowest BCUT2D eigenvalue weighted by Gasteiger charge is -2.10. The maximum atomic E-state index is 13.2. The zero-order valence-corrected chi connectivity index (χ0v) is 18.2. The molecule has 1 N–H and O–H groups in total. The second-order valence-corrected chi connectivity index (χ2v) is 7.81. The first kappa shape index (κ1) is 20.6. The Morgan fingerprint density at radius 3 is 2.85 bits per heavy atom. The molecule has 0 radical (unpaired) electrons. The van der Waals surface area contributed by atoms with E-state index in [0.717, 1.165) is 29.9 Å². The summed E-state index contributed by atoms with van der Waals surface area (Å²) >= 11 is 0. The van der Waals surface area contributed by atoms with Crippen LogP contribution in [0.25, 0.3) is 22.3 Å². The Kier molecular flexibility index (Phi) is 5.67. The number of carbonyl (C=O) groups excluding carboxylic acids is 1. The quantitative estimate of drug-likeness (QED) is 0.370. The molecule has 0 saturated heterocycles. The van der Waals surface area contributed by atoms with E-state index in [0.29, 0.717) is 35.4 Å². The number of carbonyl (C=O) groups is 1. The number of hydrogen-bond donors (Lipinski definition) is 1. The Bertz CT molecular complexity index is 1370. The first-order valence-corrected chi connectivity index (χ1v) is 10.7. The highest BCUT2D eigenvalue weighted by atomic mass is 16.3. The predicted molar refractivity (Wildman–Crippen MR) is 122 cm³/mol. The lowest BCUT2D eigenvalue weighted by atomic mass is 10.1. The van der Waals surface area contributed by atoms with Crippen molar-refractivity contribution in [3.05, 3.63) is 84.5 Å². The van der Waals surface area contributed by atoms with Crippen molar-refractivity contribution in [2.24, 2.45) is 0 Å². The van der Waals surface area contributed by atoms with Crippen LogP contribution in [0.4, 0.5) is 0 Å². The summed E-state index contributed by atoms with van der Waals surface area (Å²) in [7, 11) is 0. The van der Waals surface area contributed by atoms with Crippen LogP contribution in [-0.4, -0.2) is 42.0 Å². The van der Waals surface area contributed by atoms with Gasteiger partial charge in [0.05, 0.1) is 35.3 Å². The van der Waals surface area contributed by atoms with Crippen molar-refractivity contribution in [3.63, 3.8) is 0 Å². The van der Waals surface area contributed by atoms with E-state index in [1.807, 2.05) is 48.3 Å². The number of hydrogen-bond acceptors (Lipinski definition) is 6. The van der Waals surface area contributed by atoms with Gasteiger partial charge in [-0.3, -0.25) is 14.5 Å². The largest absolute Gasteiger partial charge is 0.467 e.